The van der Waals surface area contributed by atoms with Crippen LogP contribution in [0.3, 0.4) is 0 Å². The topological polar surface area (TPSA) is 85.2 Å². The molecule has 1 aliphatic heterocycles. The number of nitrogens with zero attached hydrogens (tertiary/aromatic N) is 3. The number of halogens is 1. The molecule has 0 fully saturated rings. The Morgan fingerprint density at radius 2 is 2.25 bits per heavy atom. The maximum Gasteiger partial charge on any atom is 0.220 e. The molecule has 2 N–H and O–H groups in total. The maximum atomic E-state index is 12.7. The number of benzene rings is 1. The standard InChI is InChI=1S/C17H15ClN4O2/c18-12-1-2-15-13(5-12)16(23)11(9-24-15)8-22-4-3-14-10(7-22)6-20-17(19)21-14/h1-2,5-6,9H,3-4,7-8H2,(H2,19,20,21). The second-order valence-electron chi connectivity index (χ2n) is 5.89. The number of aromatic nitrogens is 2. The Bertz CT molecular complexity index is 986. The van der Waals surface area contributed by atoms with Gasteiger partial charge in [-0.1, -0.05) is 11.6 Å². The molecular weight excluding hydrogens is 328 g/mol. The molecule has 4 rings (SSSR count). The zero-order valence-electron chi connectivity index (χ0n) is 12.8. The van der Waals surface area contributed by atoms with Gasteiger partial charge >= 0.3 is 0 Å². The van der Waals surface area contributed by atoms with Crippen molar-refractivity contribution in [1.29, 1.82) is 0 Å². The summed E-state index contributed by atoms with van der Waals surface area (Å²) in [5.74, 6) is 0.300. The summed E-state index contributed by atoms with van der Waals surface area (Å²) >= 11 is 5.99. The first-order valence-electron chi connectivity index (χ1n) is 7.63. The largest absolute Gasteiger partial charge is 0.464 e. The molecule has 0 spiro atoms. The monoisotopic (exact) mass is 342 g/mol. The third-order valence-electron chi connectivity index (χ3n) is 4.23. The van der Waals surface area contributed by atoms with E-state index in [1.807, 2.05) is 0 Å². The zero-order chi connectivity index (χ0) is 16.7. The maximum absolute atomic E-state index is 12.7. The molecule has 0 aliphatic carbocycles. The lowest BCUT2D eigenvalue weighted by molar-refractivity contribution is 0.240. The SMILES string of the molecule is Nc1ncc2c(n1)CCN(Cc1coc3ccc(Cl)cc3c1=O)C2. The smallest absolute Gasteiger partial charge is 0.220 e. The highest BCUT2D eigenvalue weighted by atomic mass is 35.5. The van der Waals surface area contributed by atoms with Crippen molar-refractivity contribution in [3.63, 3.8) is 0 Å². The summed E-state index contributed by atoms with van der Waals surface area (Å²) in [6.07, 6.45) is 4.08. The molecule has 122 valence electrons. The first kappa shape index (κ1) is 15.1. The van der Waals surface area contributed by atoms with E-state index in [-0.39, 0.29) is 5.43 Å². The third kappa shape index (κ3) is 2.74. The second kappa shape index (κ2) is 5.89. The molecule has 24 heavy (non-hydrogen) atoms. The van der Waals surface area contributed by atoms with E-state index >= 15 is 0 Å². The Kier molecular flexibility index (Phi) is 3.70. The Hall–Kier alpha value is -2.44. The summed E-state index contributed by atoms with van der Waals surface area (Å²) in [7, 11) is 0. The quantitative estimate of drug-likeness (QED) is 0.769. The van der Waals surface area contributed by atoms with Crippen LogP contribution >= 0.6 is 11.6 Å². The summed E-state index contributed by atoms with van der Waals surface area (Å²) in [5, 5.41) is 1.03. The Morgan fingerprint density at radius 3 is 3.12 bits per heavy atom. The van der Waals surface area contributed by atoms with Gasteiger partial charge in [0.25, 0.3) is 0 Å². The van der Waals surface area contributed by atoms with Gasteiger partial charge in [-0.15, -0.1) is 0 Å². The number of hydrogen-bond donors (Lipinski definition) is 1. The van der Waals surface area contributed by atoms with Gasteiger partial charge in [0.1, 0.15) is 5.58 Å². The molecular formula is C17H15ClN4O2. The van der Waals surface area contributed by atoms with Crippen LogP contribution in [0.25, 0.3) is 11.0 Å². The van der Waals surface area contributed by atoms with Crippen LogP contribution in [-0.2, 0) is 19.5 Å². The second-order valence-corrected chi connectivity index (χ2v) is 6.33. The first-order valence-corrected chi connectivity index (χ1v) is 8.00. The summed E-state index contributed by atoms with van der Waals surface area (Å²) in [6.45, 7) is 1.99. The van der Waals surface area contributed by atoms with E-state index in [9.17, 15) is 4.79 Å². The van der Waals surface area contributed by atoms with Gasteiger partial charge in [-0.05, 0) is 18.2 Å². The molecule has 1 aromatic carbocycles. The molecule has 1 aliphatic rings. The molecule has 6 nitrogen and oxygen atoms in total. The highest BCUT2D eigenvalue weighted by Gasteiger charge is 2.20. The van der Waals surface area contributed by atoms with E-state index in [0.29, 0.717) is 40.6 Å². The molecule has 3 aromatic rings. The van der Waals surface area contributed by atoms with Crippen LogP contribution in [0.15, 0.2) is 39.9 Å². The number of nitrogen functional groups attached to an aromatic ring is 1. The zero-order valence-corrected chi connectivity index (χ0v) is 13.6. The summed E-state index contributed by atoms with van der Waals surface area (Å²) in [4.78, 5) is 23.1. The highest BCUT2D eigenvalue weighted by Crippen LogP contribution is 2.20. The van der Waals surface area contributed by atoms with Crippen molar-refractivity contribution in [2.45, 2.75) is 19.5 Å². The lowest BCUT2D eigenvalue weighted by Crippen LogP contribution is -2.32. The van der Waals surface area contributed by atoms with Gasteiger partial charge in [0.2, 0.25) is 5.95 Å². The van der Waals surface area contributed by atoms with Crippen molar-refractivity contribution in [3.8, 4) is 0 Å². The van der Waals surface area contributed by atoms with Gasteiger partial charge in [0.15, 0.2) is 5.43 Å². The van der Waals surface area contributed by atoms with E-state index in [1.165, 1.54) is 6.26 Å². The molecule has 0 saturated heterocycles. The van der Waals surface area contributed by atoms with E-state index in [2.05, 4.69) is 14.9 Å². The van der Waals surface area contributed by atoms with Gasteiger partial charge in [-0.25, -0.2) is 9.97 Å². The van der Waals surface area contributed by atoms with Crippen molar-refractivity contribution < 1.29 is 4.42 Å². The molecule has 0 bridgehead atoms. The number of nitrogens with two attached hydrogens (primary N) is 1. The molecule has 2 aromatic heterocycles. The molecule has 0 atom stereocenters. The molecule has 7 heteroatoms. The Morgan fingerprint density at radius 1 is 1.38 bits per heavy atom. The third-order valence-corrected chi connectivity index (χ3v) is 4.47. The van der Waals surface area contributed by atoms with Crippen molar-refractivity contribution in [3.05, 3.63) is 62.7 Å². The normalized spacial score (nSPS) is 14.7. The average Bonchev–Trinajstić information content (AvgIpc) is 2.58. The molecule has 0 unspecified atom stereocenters. The van der Waals surface area contributed by atoms with E-state index in [0.717, 1.165) is 24.2 Å². The van der Waals surface area contributed by atoms with Crippen LogP contribution in [0.1, 0.15) is 16.8 Å². The van der Waals surface area contributed by atoms with Crippen LogP contribution in [0.2, 0.25) is 5.02 Å². The van der Waals surface area contributed by atoms with E-state index < -0.39 is 0 Å². The number of anilines is 1. The fourth-order valence-corrected chi connectivity index (χ4v) is 3.19. The lowest BCUT2D eigenvalue weighted by Gasteiger charge is -2.27. The number of fused-ring (bicyclic) bond motifs is 2. The van der Waals surface area contributed by atoms with Crippen LogP contribution in [-0.4, -0.2) is 21.4 Å². The lowest BCUT2D eigenvalue weighted by atomic mass is 10.1. The van der Waals surface area contributed by atoms with Crippen molar-refractivity contribution in [2.75, 3.05) is 12.3 Å². The van der Waals surface area contributed by atoms with Crippen molar-refractivity contribution in [1.82, 2.24) is 14.9 Å². The first-order chi connectivity index (χ1) is 11.6. The number of rotatable bonds is 2. The highest BCUT2D eigenvalue weighted by molar-refractivity contribution is 6.31. The molecule has 0 saturated carbocycles. The fourth-order valence-electron chi connectivity index (χ4n) is 3.02. The van der Waals surface area contributed by atoms with Crippen LogP contribution in [0.5, 0.6) is 0 Å². The van der Waals surface area contributed by atoms with Crippen molar-refractivity contribution in [2.24, 2.45) is 0 Å². The Labute approximate surface area is 142 Å². The van der Waals surface area contributed by atoms with Gasteiger partial charge in [-0.2, -0.15) is 0 Å². The van der Waals surface area contributed by atoms with Crippen LogP contribution in [0, 0.1) is 0 Å². The van der Waals surface area contributed by atoms with Crippen molar-refractivity contribution >= 4 is 28.5 Å². The molecule has 3 heterocycles. The van der Waals surface area contributed by atoms with Gasteiger partial charge in [0.05, 0.1) is 17.3 Å². The van der Waals surface area contributed by atoms with Crippen LogP contribution in [0.4, 0.5) is 5.95 Å². The Balaban J connectivity index is 1.62. The van der Waals surface area contributed by atoms with E-state index in [1.54, 1.807) is 24.4 Å². The predicted octanol–water partition coefficient (Wildman–Crippen LogP) is 2.38. The fraction of sp³-hybridized carbons (Fsp3) is 0.235. The van der Waals surface area contributed by atoms with Gasteiger partial charge < -0.3 is 10.2 Å². The molecule has 0 amide bonds. The van der Waals surface area contributed by atoms with Crippen LogP contribution < -0.4 is 11.2 Å². The summed E-state index contributed by atoms with van der Waals surface area (Å²) in [6, 6.07) is 5.07. The minimum absolute atomic E-state index is 0.0434. The average molecular weight is 343 g/mol. The molecule has 0 radical (unpaired) electrons. The minimum atomic E-state index is -0.0434. The number of hydrogen-bond acceptors (Lipinski definition) is 6. The summed E-state index contributed by atoms with van der Waals surface area (Å²) in [5.41, 5.74) is 8.77. The van der Waals surface area contributed by atoms with E-state index in [4.69, 9.17) is 21.8 Å². The summed E-state index contributed by atoms with van der Waals surface area (Å²) < 4.78 is 5.58. The minimum Gasteiger partial charge on any atom is -0.464 e. The van der Waals surface area contributed by atoms with Gasteiger partial charge in [0, 0.05) is 48.4 Å². The predicted molar refractivity (Wildman–Crippen MR) is 91.8 cm³/mol. The van der Waals surface area contributed by atoms with Gasteiger partial charge in [-0.3, -0.25) is 9.69 Å².